The molecule has 0 aliphatic rings. The molecule has 0 spiro atoms. The third kappa shape index (κ3) is 2.14. The third-order valence-electron chi connectivity index (χ3n) is 1.64. The van der Waals surface area contributed by atoms with Crippen LogP contribution < -0.4 is 5.32 Å². The second-order valence-electron chi connectivity index (χ2n) is 2.65. The molecule has 0 saturated carbocycles. The molecule has 0 aromatic heterocycles. The summed E-state index contributed by atoms with van der Waals surface area (Å²) in [4.78, 5) is 11.0. The van der Waals surface area contributed by atoms with E-state index in [-0.39, 0.29) is 11.3 Å². The maximum Gasteiger partial charge on any atom is 0.152 e. The fourth-order valence-electron chi connectivity index (χ4n) is 0.581. The van der Waals surface area contributed by atoms with Crippen molar-refractivity contribution in [3.05, 3.63) is 0 Å². The van der Waals surface area contributed by atoms with Crippen molar-refractivity contribution in [1.82, 2.24) is 5.32 Å². The maximum absolute atomic E-state index is 11.0. The monoisotopic (exact) mass is 129 g/mol. The van der Waals surface area contributed by atoms with E-state index in [0.717, 1.165) is 0 Å². The second kappa shape index (κ2) is 2.97. The van der Waals surface area contributed by atoms with E-state index in [2.05, 4.69) is 5.32 Å². The van der Waals surface area contributed by atoms with Gasteiger partial charge >= 0.3 is 0 Å². The second-order valence-corrected chi connectivity index (χ2v) is 2.65. The minimum Gasteiger partial charge on any atom is -0.308 e. The SMILES string of the molecule is CCC(=O)C(C)(C)NC. The van der Waals surface area contributed by atoms with Gasteiger partial charge < -0.3 is 5.32 Å². The first-order chi connectivity index (χ1) is 4.04. The Kier molecular flexibility index (Phi) is 2.85. The van der Waals surface area contributed by atoms with Crippen LogP contribution in [0, 0.1) is 0 Å². The minimum atomic E-state index is -0.339. The van der Waals surface area contributed by atoms with Gasteiger partial charge in [-0.05, 0) is 20.9 Å². The first-order valence-corrected chi connectivity index (χ1v) is 3.26. The molecule has 0 rings (SSSR count). The van der Waals surface area contributed by atoms with Gasteiger partial charge in [-0.3, -0.25) is 4.79 Å². The van der Waals surface area contributed by atoms with Crippen LogP contribution in [0.15, 0.2) is 0 Å². The van der Waals surface area contributed by atoms with Crippen molar-refractivity contribution in [1.29, 1.82) is 0 Å². The highest BCUT2D eigenvalue weighted by Gasteiger charge is 2.22. The minimum absolute atomic E-state index is 0.255. The van der Waals surface area contributed by atoms with Gasteiger partial charge in [-0.2, -0.15) is 0 Å². The van der Waals surface area contributed by atoms with Crippen LogP contribution >= 0.6 is 0 Å². The van der Waals surface area contributed by atoms with Crippen molar-refractivity contribution in [3.63, 3.8) is 0 Å². The topological polar surface area (TPSA) is 29.1 Å². The van der Waals surface area contributed by atoms with Crippen LogP contribution in [0.5, 0.6) is 0 Å². The van der Waals surface area contributed by atoms with Crippen molar-refractivity contribution in [2.24, 2.45) is 0 Å². The van der Waals surface area contributed by atoms with Crippen LogP contribution in [0.2, 0.25) is 0 Å². The number of likely N-dealkylation sites (N-methyl/N-ethyl adjacent to an activating group) is 1. The zero-order valence-electron chi connectivity index (χ0n) is 6.62. The van der Waals surface area contributed by atoms with E-state index in [4.69, 9.17) is 0 Å². The normalized spacial score (nSPS) is 11.6. The fraction of sp³-hybridized carbons (Fsp3) is 0.857. The van der Waals surface area contributed by atoms with Crippen LogP contribution in [0.25, 0.3) is 0 Å². The molecule has 2 heteroatoms. The predicted octanol–water partition coefficient (Wildman–Crippen LogP) is 0.964. The van der Waals surface area contributed by atoms with Gasteiger partial charge in [0.1, 0.15) is 0 Å². The van der Waals surface area contributed by atoms with Crippen molar-refractivity contribution in [2.45, 2.75) is 32.7 Å². The Labute approximate surface area is 56.6 Å². The molecular formula is C7H15NO. The summed E-state index contributed by atoms with van der Waals surface area (Å²) in [5, 5.41) is 2.94. The summed E-state index contributed by atoms with van der Waals surface area (Å²) in [6.07, 6.45) is 0.605. The molecule has 0 bridgehead atoms. The number of carbonyl (C=O) groups excluding carboxylic acids is 1. The number of carbonyl (C=O) groups is 1. The molecule has 1 N–H and O–H groups in total. The molecular weight excluding hydrogens is 114 g/mol. The van der Waals surface area contributed by atoms with Crippen LogP contribution in [-0.2, 0) is 4.79 Å². The summed E-state index contributed by atoms with van der Waals surface area (Å²) in [6.45, 7) is 5.65. The van der Waals surface area contributed by atoms with E-state index in [0.29, 0.717) is 6.42 Å². The van der Waals surface area contributed by atoms with E-state index in [1.54, 1.807) is 7.05 Å². The van der Waals surface area contributed by atoms with Crippen LogP contribution in [0.1, 0.15) is 27.2 Å². The number of Topliss-reactive ketones (excluding diaryl/α,β-unsaturated/α-hetero) is 1. The van der Waals surface area contributed by atoms with Gasteiger partial charge in [0, 0.05) is 6.42 Å². The molecule has 0 aliphatic heterocycles. The van der Waals surface area contributed by atoms with E-state index < -0.39 is 0 Å². The summed E-state index contributed by atoms with van der Waals surface area (Å²) < 4.78 is 0. The number of hydrogen-bond donors (Lipinski definition) is 1. The third-order valence-corrected chi connectivity index (χ3v) is 1.64. The zero-order valence-corrected chi connectivity index (χ0v) is 6.62. The Hall–Kier alpha value is -0.370. The largest absolute Gasteiger partial charge is 0.308 e. The van der Waals surface area contributed by atoms with Gasteiger partial charge in [-0.15, -0.1) is 0 Å². The van der Waals surface area contributed by atoms with Crippen molar-refractivity contribution >= 4 is 5.78 Å². The van der Waals surface area contributed by atoms with Gasteiger partial charge in [0.15, 0.2) is 5.78 Å². The molecule has 54 valence electrons. The average molecular weight is 129 g/mol. The summed E-state index contributed by atoms with van der Waals surface area (Å²) in [5.74, 6) is 0.255. The smallest absolute Gasteiger partial charge is 0.152 e. The van der Waals surface area contributed by atoms with E-state index in [1.165, 1.54) is 0 Å². The van der Waals surface area contributed by atoms with Gasteiger partial charge in [-0.25, -0.2) is 0 Å². The van der Waals surface area contributed by atoms with E-state index in [1.807, 2.05) is 20.8 Å². The number of ketones is 1. The van der Waals surface area contributed by atoms with Crippen molar-refractivity contribution in [2.75, 3.05) is 7.05 Å². The molecule has 0 saturated heterocycles. The quantitative estimate of drug-likeness (QED) is 0.615. The van der Waals surface area contributed by atoms with Crippen LogP contribution in [-0.4, -0.2) is 18.4 Å². The zero-order chi connectivity index (χ0) is 7.49. The molecule has 0 heterocycles. The number of hydrogen-bond acceptors (Lipinski definition) is 2. The Morgan fingerprint density at radius 3 is 2.11 bits per heavy atom. The standard InChI is InChI=1S/C7H15NO/c1-5-6(9)7(2,3)8-4/h8H,5H2,1-4H3. The Morgan fingerprint density at radius 1 is 1.56 bits per heavy atom. The first-order valence-electron chi connectivity index (χ1n) is 3.26. The predicted molar refractivity (Wildman–Crippen MR) is 38.4 cm³/mol. The molecule has 0 unspecified atom stereocenters. The van der Waals surface area contributed by atoms with Crippen molar-refractivity contribution < 1.29 is 4.79 Å². The molecule has 0 amide bonds. The summed E-state index contributed by atoms with van der Waals surface area (Å²) in [5.41, 5.74) is -0.339. The maximum atomic E-state index is 11.0. The van der Waals surface area contributed by atoms with Crippen LogP contribution in [0.4, 0.5) is 0 Å². The summed E-state index contributed by atoms with van der Waals surface area (Å²) in [6, 6.07) is 0. The first kappa shape index (κ1) is 8.63. The number of rotatable bonds is 3. The highest BCUT2D eigenvalue weighted by atomic mass is 16.1. The van der Waals surface area contributed by atoms with E-state index >= 15 is 0 Å². The molecule has 2 nitrogen and oxygen atoms in total. The Bertz CT molecular complexity index is 107. The highest BCUT2D eigenvalue weighted by Crippen LogP contribution is 2.04. The van der Waals surface area contributed by atoms with Gasteiger partial charge in [0.2, 0.25) is 0 Å². The molecule has 0 aromatic carbocycles. The van der Waals surface area contributed by atoms with Crippen molar-refractivity contribution in [3.8, 4) is 0 Å². The lowest BCUT2D eigenvalue weighted by Gasteiger charge is -2.20. The molecule has 0 fully saturated rings. The van der Waals surface area contributed by atoms with Crippen LogP contribution in [0.3, 0.4) is 0 Å². The molecule has 0 aliphatic carbocycles. The lowest BCUT2D eigenvalue weighted by atomic mass is 9.98. The molecule has 0 radical (unpaired) electrons. The Morgan fingerprint density at radius 2 is 2.00 bits per heavy atom. The number of nitrogens with one attached hydrogen (secondary N) is 1. The summed E-state index contributed by atoms with van der Waals surface area (Å²) >= 11 is 0. The van der Waals surface area contributed by atoms with E-state index in [9.17, 15) is 4.79 Å². The molecule has 0 atom stereocenters. The molecule has 9 heavy (non-hydrogen) atoms. The highest BCUT2D eigenvalue weighted by molar-refractivity contribution is 5.87. The lowest BCUT2D eigenvalue weighted by Crippen LogP contribution is -2.44. The van der Waals surface area contributed by atoms with Gasteiger partial charge in [-0.1, -0.05) is 6.92 Å². The van der Waals surface area contributed by atoms with Gasteiger partial charge in [0.05, 0.1) is 5.54 Å². The summed E-state index contributed by atoms with van der Waals surface area (Å²) in [7, 11) is 1.80. The average Bonchev–Trinajstić information content (AvgIpc) is 1.86. The fourth-order valence-corrected chi connectivity index (χ4v) is 0.581. The van der Waals surface area contributed by atoms with Gasteiger partial charge in [0.25, 0.3) is 0 Å². The Balaban J connectivity index is 3.97. The molecule has 0 aromatic rings. The lowest BCUT2D eigenvalue weighted by molar-refractivity contribution is -0.123.